The topological polar surface area (TPSA) is 86.8 Å². The summed E-state index contributed by atoms with van der Waals surface area (Å²) in [5.74, 6) is -0.479. The molecule has 3 rings (SSSR count). The van der Waals surface area contributed by atoms with E-state index in [1.165, 1.54) is 19.1 Å². The van der Waals surface area contributed by atoms with Gasteiger partial charge in [0.25, 0.3) is 0 Å². The molecular formula is C22H26FN3O4S. The van der Waals surface area contributed by atoms with Crippen LogP contribution in [0.1, 0.15) is 30.1 Å². The summed E-state index contributed by atoms with van der Waals surface area (Å²) >= 11 is 0. The van der Waals surface area contributed by atoms with E-state index in [4.69, 9.17) is 0 Å². The molecule has 0 bridgehead atoms. The van der Waals surface area contributed by atoms with Crippen molar-refractivity contribution in [1.29, 1.82) is 0 Å². The van der Waals surface area contributed by atoms with Crippen LogP contribution in [0.2, 0.25) is 0 Å². The second kappa shape index (κ2) is 10.0. The number of nitrogens with one attached hydrogen (secondary N) is 1. The molecule has 166 valence electrons. The van der Waals surface area contributed by atoms with Crippen molar-refractivity contribution in [2.75, 3.05) is 37.6 Å². The van der Waals surface area contributed by atoms with Crippen LogP contribution in [0.5, 0.6) is 0 Å². The molecule has 1 heterocycles. The first-order valence-electron chi connectivity index (χ1n) is 10.2. The summed E-state index contributed by atoms with van der Waals surface area (Å²) in [4.78, 5) is 27.8. The van der Waals surface area contributed by atoms with Crippen molar-refractivity contribution in [3.05, 3.63) is 59.9 Å². The van der Waals surface area contributed by atoms with Gasteiger partial charge in [0.05, 0.1) is 4.90 Å². The molecule has 1 saturated heterocycles. The van der Waals surface area contributed by atoms with Gasteiger partial charge < -0.3 is 9.80 Å². The summed E-state index contributed by atoms with van der Waals surface area (Å²) in [6.45, 7) is 4.24. The lowest BCUT2D eigenvalue weighted by Gasteiger charge is -2.36. The van der Waals surface area contributed by atoms with Gasteiger partial charge in [0, 0.05) is 50.4 Å². The van der Waals surface area contributed by atoms with Gasteiger partial charge in [0.1, 0.15) is 5.82 Å². The number of rotatable bonds is 8. The predicted molar refractivity (Wildman–Crippen MR) is 116 cm³/mol. The molecule has 31 heavy (non-hydrogen) atoms. The molecule has 2 aromatic carbocycles. The Morgan fingerprint density at radius 3 is 2.16 bits per heavy atom. The molecule has 1 fully saturated rings. The maximum absolute atomic E-state index is 12.9. The van der Waals surface area contributed by atoms with Gasteiger partial charge in [-0.1, -0.05) is 0 Å². The first-order chi connectivity index (χ1) is 14.8. The summed E-state index contributed by atoms with van der Waals surface area (Å²) in [5, 5.41) is 0. The van der Waals surface area contributed by atoms with Crippen LogP contribution in [0.25, 0.3) is 0 Å². The minimum atomic E-state index is -3.72. The third-order valence-corrected chi connectivity index (χ3v) is 6.73. The standard InChI is InChI=1S/C22H26FN3O4S/c1-17(27)18-4-8-20(9-5-18)25-13-15-26(16-14-25)22(28)3-2-12-24-31(29,30)21-10-6-19(23)7-11-21/h4-11,24H,2-3,12-16H2,1H3. The van der Waals surface area contributed by atoms with E-state index < -0.39 is 15.8 Å². The third kappa shape index (κ3) is 6.11. The van der Waals surface area contributed by atoms with Crippen LogP contribution in [0, 0.1) is 5.82 Å². The quantitative estimate of drug-likeness (QED) is 0.496. The van der Waals surface area contributed by atoms with E-state index in [9.17, 15) is 22.4 Å². The summed E-state index contributed by atoms with van der Waals surface area (Å²) in [6, 6.07) is 12.0. The average Bonchev–Trinajstić information content (AvgIpc) is 2.77. The van der Waals surface area contributed by atoms with Crippen molar-refractivity contribution in [3.8, 4) is 0 Å². The molecule has 0 aliphatic carbocycles. The molecule has 1 N–H and O–H groups in total. The Morgan fingerprint density at radius 2 is 1.58 bits per heavy atom. The number of Topliss-reactive ketones (excluding diaryl/α,β-unsaturated/α-hetero) is 1. The maximum atomic E-state index is 12.9. The molecule has 2 aromatic rings. The minimum absolute atomic E-state index is 0.00677. The fourth-order valence-electron chi connectivity index (χ4n) is 3.42. The van der Waals surface area contributed by atoms with E-state index in [1.807, 2.05) is 24.3 Å². The number of piperazine rings is 1. The molecule has 0 saturated carbocycles. The predicted octanol–water partition coefficient (Wildman–Crippen LogP) is 2.44. The van der Waals surface area contributed by atoms with E-state index in [1.54, 1.807) is 4.90 Å². The van der Waals surface area contributed by atoms with Crippen LogP contribution in [0.3, 0.4) is 0 Å². The Hall–Kier alpha value is -2.78. The molecule has 1 amide bonds. The number of carbonyl (C=O) groups excluding carboxylic acids is 2. The van der Waals surface area contributed by atoms with Crippen molar-refractivity contribution in [2.45, 2.75) is 24.7 Å². The maximum Gasteiger partial charge on any atom is 0.240 e. The van der Waals surface area contributed by atoms with Crippen LogP contribution < -0.4 is 9.62 Å². The van der Waals surface area contributed by atoms with Crippen LogP contribution >= 0.6 is 0 Å². The van der Waals surface area contributed by atoms with E-state index >= 15 is 0 Å². The molecule has 0 radical (unpaired) electrons. The Morgan fingerprint density at radius 1 is 0.968 bits per heavy atom. The molecule has 0 aromatic heterocycles. The SMILES string of the molecule is CC(=O)c1ccc(N2CCN(C(=O)CCCNS(=O)(=O)c3ccc(F)cc3)CC2)cc1. The number of carbonyl (C=O) groups is 2. The van der Waals surface area contributed by atoms with Crippen molar-refractivity contribution < 1.29 is 22.4 Å². The number of nitrogens with zero attached hydrogens (tertiary/aromatic N) is 2. The van der Waals surface area contributed by atoms with Crippen LogP contribution in [-0.2, 0) is 14.8 Å². The fraction of sp³-hybridized carbons (Fsp3) is 0.364. The molecule has 9 heteroatoms. The first-order valence-corrected chi connectivity index (χ1v) is 11.6. The third-order valence-electron chi connectivity index (χ3n) is 5.25. The highest BCUT2D eigenvalue weighted by Gasteiger charge is 2.21. The van der Waals surface area contributed by atoms with E-state index in [-0.39, 0.29) is 29.6 Å². The van der Waals surface area contributed by atoms with Crippen molar-refractivity contribution in [2.24, 2.45) is 0 Å². The average molecular weight is 448 g/mol. The highest BCUT2D eigenvalue weighted by molar-refractivity contribution is 7.89. The summed E-state index contributed by atoms with van der Waals surface area (Å²) in [7, 11) is -3.72. The molecule has 0 unspecified atom stereocenters. The highest BCUT2D eigenvalue weighted by atomic mass is 32.2. The normalized spacial score (nSPS) is 14.5. The fourth-order valence-corrected chi connectivity index (χ4v) is 4.50. The van der Waals surface area contributed by atoms with Gasteiger partial charge in [0.2, 0.25) is 15.9 Å². The van der Waals surface area contributed by atoms with E-state index in [0.29, 0.717) is 38.2 Å². The minimum Gasteiger partial charge on any atom is -0.368 e. The number of benzene rings is 2. The first kappa shape index (κ1) is 22.9. The molecule has 0 spiro atoms. The Kier molecular flexibility index (Phi) is 7.40. The number of halogens is 1. The monoisotopic (exact) mass is 447 g/mol. The molecule has 7 nitrogen and oxygen atoms in total. The Labute approximate surface area is 181 Å². The van der Waals surface area contributed by atoms with Crippen molar-refractivity contribution in [3.63, 3.8) is 0 Å². The van der Waals surface area contributed by atoms with Crippen LogP contribution in [0.4, 0.5) is 10.1 Å². The lowest BCUT2D eigenvalue weighted by Crippen LogP contribution is -2.48. The zero-order valence-electron chi connectivity index (χ0n) is 17.4. The summed E-state index contributed by atoms with van der Waals surface area (Å²) in [5.41, 5.74) is 1.69. The van der Waals surface area contributed by atoms with Gasteiger partial charge in [-0.05, 0) is 61.9 Å². The summed E-state index contributed by atoms with van der Waals surface area (Å²) < 4.78 is 39.7. The van der Waals surface area contributed by atoms with E-state index in [0.717, 1.165) is 17.8 Å². The lowest BCUT2D eigenvalue weighted by atomic mass is 10.1. The second-order valence-corrected chi connectivity index (χ2v) is 9.19. The van der Waals surface area contributed by atoms with Crippen molar-refractivity contribution in [1.82, 2.24) is 9.62 Å². The molecule has 1 aliphatic rings. The van der Waals surface area contributed by atoms with Gasteiger partial charge in [-0.15, -0.1) is 0 Å². The number of anilines is 1. The van der Waals surface area contributed by atoms with Gasteiger partial charge in [-0.25, -0.2) is 17.5 Å². The number of amides is 1. The van der Waals surface area contributed by atoms with Gasteiger partial charge in [-0.3, -0.25) is 9.59 Å². The zero-order chi connectivity index (χ0) is 22.4. The summed E-state index contributed by atoms with van der Waals surface area (Å²) in [6.07, 6.45) is 0.630. The second-order valence-electron chi connectivity index (χ2n) is 7.43. The zero-order valence-corrected chi connectivity index (χ0v) is 18.2. The Bertz CT molecular complexity index is 1020. The van der Waals surface area contributed by atoms with Crippen molar-refractivity contribution >= 4 is 27.4 Å². The number of hydrogen-bond donors (Lipinski definition) is 1. The van der Waals surface area contributed by atoms with Gasteiger partial charge >= 0.3 is 0 Å². The van der Waals surface area contributed by atoms with Gasteiger partial charge in [-0.2, -0.15) is 0 Å². The van der Waals surface area contributed by atoms with E-state index in [2.05, 4.69) is 9.62 Å². The van der Waals surface area contributed by atoms with Crippen LogP contribution in [-0.4, -0.2) is 57.7 Å². The highest BCUT2D eigenvalue weighted by Crippen LogP contribution is 2.18. The largest absolute Gasteiger partial charge is 0.368 e. The van der Waals surface area contributed by atoms with Gasteiger partial charge in [0.15, 0.2) is 5.78 Å². The lowest BCUT2D eigenvalue weighted by molar-refractivity contribution is -0.131. The van der Waals surface area contributed by atoms with Crippen LogP contribution in [0.15, 0.2) is 53.4 Å². The smallest absolute Gasteiger partial charge is 0.240 e. The number of ketones is 1. The number of sulfonamides is 1. The molecule has 0 atom stereocenters. The Balaban J connectivity index is 1.41. The molecular weight excluding hydrogens is 421 g/mol. The number of hydrogen-bond acceptors (Lipinski definition) is 5. The molecule has 1 aliphatic heterocycles.